The Balaban J connectivity index is 2.14. The van der Waals surface area contributed by atoms with Crippen LogP contribution in [0.15, 0.2) is 48.5 Å². The third-order valence-corrected chi connectivity index (χ3v) is 3.01. The fraction of sp³-hybridized carbons (Fsp3) is 0.250. The standard InChI is InChI=1S/C16H18O2/c1-12-7-3-4-8-14(12)11-18-16-10-6-5-9-15(16)13(2)17/h3-10,13,17H,11H2,1-2H3/t13-/m1/s1. The number of ether oxygens (including phenoxy) is 1. The van der Waals surface area contributed by atoms with E-state index in [9.17, 15) is 5.11 Å². The van der Waals surface area contributed by atoms with Crippen LogP contribution in [0.5, 0.6) is 5.75 Å². The molecule has 0 heterocycles. The van der Waals surface area contributed by atoms with E-state index >= 15 is 0 Å². The third kappa shape index (κ3) is 2.90. The highest BCUT2D eigenvalue weighted by Crippen LogP contribution is 2.25. The molecule has 0 unspecified atom stereocenters. The number of aryl methyl sites for hydroxylation is 1. The average Bonchev–Trinajstić information content (AvgIpc) is 2.38. The Labute approximate surface area is 108 Å². The summed E-state index contributed by atoms with van der Waals surface area (Å²) in [6.45, 7) is 4.34. The molecule has 0 amide bonds. The van der Waals surface area contributed by atoms with E-state index < -0.39 is 6.10 Å². The summed E-state index contributed by atoms with van der Waals surface area (Å²) in [4.78, 5) is 0. The molecule has 0 fully saturated rings. The lowest BCUT2D eigenvalue weighted by Crippen LogP contribution is -2.01. The van der Waals surface area contributed by atoms with Gasteiger partial charge in [-0.15, -0.1) is 0 Å². The Morgan fingerprint density at radius 1 is 1.06 bits per heavy atom. The van der Waals surface area contributed by atoms with Crippen LogP contribution in [0.25, 0.3) is 0 Å². The Bertz CT molecular complexity index is 518. The van der Waals surface area contributed by atoms with Crippen molar-refractivity contribution in [3.8, 4) is 5.75 Å². The van der Waals surface area contributed by atoms with Crippen LogP contribution >= 0.6 is 0 Å². The van der Waals surface area contributed by atoms with Crippen LogP contribution in [0.4, 0.5) is 0 Å². The van der Waals surface area contributed by atoms with Crippen molar-refractivity contribution in [3.05, 3.63) is 65.2 Å². The van der Waals surface area contributed by atoms with Gasteiger partial charge in [0.1, 0.15) is 12.4 Å². The summed E-state index contributed by atoms with van der Waals surface area (Å²) in [6, 6.07) is 15.7. The molecule has 2 rings (SSSR count). The van der Waals surface area contributed by atoms with Crippen molar-refractivity contribution in [1.29, 1.82) is 0 Å². The van der Waals surface area contributed by atoms with Crippen LogP contribution < -0.4 is 4.74 Å². The van der Waals surface area contributed by atoms with E-state index in [1.807, 2.05) is 36.4 Å². The van der Waals surface area contributed by atoms with Gasteiger partial charge in [-0.1, -0.05) is 42.5 Å². The fourth-order valence-corrected chi connectivity index (χ4v) is 1.88. The Hall–Kier alpha value is -1.80. The van der Waals surface area contributed by atoms with Gasteiger partial charge in [0.15, 0.2) is 0 Å². The molecule has 0 saturated carbocycles. The fourth-order valence-electron chi connectivity index (χ4n) is 1.88. The SMILES string of the molecule is Cc1ccccc1COc1ccccc1[C@@H](C)O. The summed E-state index contributed by atoms with van der Waals surface area (Å²) >= 11 is 0. The maximum absolute atomic E-state index is 9.68. The highest BCUT2D eigenvalue weighted by molar-refractivity contribution is 5.35. The zero-order chi connectivity index (χ0) is 13.0. The number of hydrogen-bond acceptors (Lipinski definition) is 2. The molecule has 0 bridgehead atoms. The molecule has 0 aliphatic carbocycles. The highest BCUT2D eigenvalue weighted by atomic mass is 16.5. The van der Waals surface area contributed by atoms with Gasteiger partial charge in [-0.3, -0.25) is 0 Å². The summed E-state index contributed by atoms with van der Waals surface area (Å²) in [7, 11) is 0. The zero-order valence-corrected chi connectivity index (χ0v) is 10.8. The maximum Gasteiger partial charge on any atom is 0.125 e. The van der Waals surface area contributed by atoms with E-state index in [1.54, 1.807) is 6.92 Å². The second-order valence-corrected chi connectivity index (χ2v) is 4.43. The molecule has 2 aromatic carbocycles. The monoisotopic (exact) mass is 242 g/mol. The zero-order valence-electron chi connectivity index (χ0n) is 10.8. The first-order chi connectivity index (χ1) is 8.68. The second kappa shape index (κ2) is 5.69. The topological polar surface area (TPSA) is 29.5 Å². The lowest BCUT2D eigenvalue weighted by atomic mass is 10.1. The van der Waals surface area contributed by atoms with Crippen LogP contribution in [0, 0.1) is 6.92 Å². The normalized spacial score (nSPS) is 12.2. The summed E-state index contributed by atoms with van der Waals surface area (Å²) in [6.07, 6.45) is -0.516. The van der Waals surface area contributed by atoms with Gasteiger partial charge in [0, 0.05) is 5.56 Å². The molecule has 1 N–H and O–H groups in total. The molecule has 18 heavy (non-hydrogen) atoms. The molecule has 2 nitrogen and oxygen atoms in total. The maximum atomic E-state index is 9.68. The van der Waals surface area contributed by atoms with Crippen molar-refractivity contribution in [2.24, 2.45) is 0 Å². The van der Waals surface area contributed by atoms with E-state index in [0.29, 0.717) is 6.61 Å². The molecule has 0 saturated heterocycles. The van der Waals surface area contributed by atoms with Crippen molar-refractivity contribution < 1.29 is 9.84 Å². The van der Waals surface area contributed by atoms with Crippen molar-refractivity contribution in [1.82, 2.24) is 0 Å². The number of aliphatic hydroxyl groups excluding tert-OH is 1. The summed E-state index contributed by atoms with van der Waals surface area (Å²) in [5.74, 6) is 0.746. The predicted molar refractivity (Wildman–Crippen MR) is 72.6 cm³/mol. The van der Waals surface area contributed by atoms with E-state index in [-0.39, 0.29) is 0 Å². The molecular formula is C16H18O2. The molecule has 0 spiro atoms. The van der Waals surface area contributed by atoms with Crippen molar-refractivity contribution in [2.45, 2.75) is 26.6 Å². The number of hydrogen-bond donors (Lipinski definition) is 1. The number of para-hydroxylation sites is 1. The highest BCUT2D eigenvalue weighted by Gasteiger charge is 2.08. The molecule has 1 atom stereocenters. The second-order valence-electron chi connectivity index (χ2n) is 4.43. The Kier molecular flexibility index (Phi) is 4.00. The van der Waals surface area contributed by atoms with Crippen molar-refractivity contribution in [2.75, 3.05) is 0 Å². The third-order valence-electron chi connectivity index (χ3n) is 3.01. The molecule has 2 heteroatoms. The number of aliphatic hydroxyl groups is 1. The Morgan fingerprint density at radius 2 is 1.72 bits per heavy atom. The number of benzene rings is 2. The van der Waals surface area contributed by atoms with Crippen LogP contribution in [0.1, 0.15) is 29.7 Å². The van der Waals surface area contributed by atoms with Crippen molar-refractivity contribution >= 4 is 0 Å². The van der Waals surface area contributed by atoms with Gasteiger partial charge in [0.05, 0.1) is 6.10 Å². The van der Waals surface area contributed by atoms with Crippen molar-refractivity contribution in [3.63, 3.8) is 0 Å². The summed E-state index contributed by atoms with van der Waals surface area (Å²) in [5, 5.41) is 9.68. The minimum atomic E-state index is -0.516. The molecule has 0 aromatic heterocycles. The Morgan fingerprint density at radius 3 is 2.44 bits per heavy atom. The van der Waals surface area contributed by atoms with Gasteiger partial charge in [-0.25, -0.2) is 0 Å². The van der Waals surface area contributed by atoms with Gasteiger partial charge in [-0.2, -0.15) is 0 Å². The molecule has 2 aromatic rings. The van der Waals surface area contributed by atoms with E-state index in [2.05, 4.69) is 19.1 Å². The van der Waals surface area contributed by atoms with Gasteiger partial charge in [0.25, 0.3) is 0 Å². The molecule has 0 aliphatic rings. The predicted octanol–water partition coefficient (Wildman–Crippen LogP) is 3.63. The first-order valence-corrected chi connectivity index (χ1v) is 6.13. The number of rotatable bonds is 4. The molecule has 0 radical (unpaired) electrons. The van der Waals surface area contributed by atoms with Gasteiger partial charge in [0.2, 0.25) is 0 Å². The largest absolute Gasteiger partial charge is 0.489 e. The van der Waals surface area contributed by atoms with E-state index in [0.717, 1.165) is 16.9 Å². The molecule has 0 aliphatic heterocycles. The smallest absolute Gasteiger partial charge is 0.125 e. The average molecular weight is 242 g/mol. The van der Waals surface area contributed by atoms with Crippen LogP contribution in [-0.4, -0.2) is 5.11 Å². The van der Waals surface area contributed by atoms with Gasteiger partial charge < -0.3 is 9.84 Å². The van der Waals surface area contributed by atoms with Crippen LogP contribution in [0.3, 0.4) is 0 Å². The minimum absolute atomic E-state index is 0.516. The quantitative estimate of drug-likeness (QED) is 0.887. The molecular weight excluding hydrogens is 224 g/mol. The molecule has 94 valence electrons. The van der Waals surface area contributed by atoms with Crippen LogP contribution in [-0.2, 0) is 6.61 Å². The first-order valence-electron chi connectivity index (χ1n) is 6.13. The van der Waals surface area contributed by atoms with Gasteiger partial charge in [-0.05, 0) is 31.0 Å². The lowest BCUT2D eigenvalue weighted by molar-refractivity contribution is 0.190. The van der Waals surface area contributed by atoms with Gasteiger partial charge >= 0.3 is 0 Å². The lowest BCUT2D eigenvalue weighted by Gasteiger charge is -2.14. The first kappa shape index (κ1) is 12.7. The minimum Gasteiger partial charge on any atom is -0.489 e. The van der Waals surface area contributed by atoms with E-state index in [4.69, 9.17) is 4.74 Å². The summed E-state index contributed by atoms with van der Waals surface area (Å²) in [5.41, 5.74) is 3.20. The van der Waals surface area contributed by atoms with Crippen LogP contribution in [0.2, 0.25) is 0 Å². The summed E-state index contributed by atoms with van der Waals surface area (Å²) < 4.78 is 5.81. The van der Waals surface area contributed by atoms with E-state index in [1.165, 1.54) is 5.56 Å².